The fourth-order valence-electron chi connectivity index (χ4n) is 3.19. The lowest BCUT2D eigenvalue weighted by molar-refractivity contribution is -0.0748. The predicted molar refractivity (Wildman–Crippen MR) is 59.9 cm³/mol. The Kier molecular flexibility index (Phi) is 3.65. The molecule has 0 spiro atoms. The Bertz CT molecular complexity index is 196. The number of hydrogen-bond acceptors (Lipinski definition) is 3. The predicted octanol–water partition coefficient (Wildman–Crippen LogP) is 1.40. The van der Waals surface area contributed by atoms with Crippen LogP contribution in [-0.4, -0.2) is 48.0 Å². The maximum atomic E-state index is 10.6. The molecule has 1 aliphatic heterocycles. The van der Waals surface area contributed by atoms with Crippen LogP contribution in [0.3, 0.4) is 0 Å². The lowest BCUT2D eigenvalue weighted by Gasteiger charge is -2.42. The highest BCUT2D eigenvalue weighted by Gasteiger charge is 2.41. The Morgan fingerprint density at radius 1 is 1.27 bits per heavy atom. The van der Waals surface area contributed by atoms with Gasteiger partial charge in [-0.05, 0) is 19.3 Å². The van der Waals surface area contributed by atoms with E-state index in [4.69, 9.17) is 4.74 Å². The molecule has 0 bridgehead atoms. The average Bonchev–Trinajstić information content (AvgIpc) is 2.68. The molecule has 2 rings (SSSR count). The van der Waals surface area contributed by atoms with Gasteiger partial charge in [0, 0.05) is 19.1 Å². The Balaban J connectivity index is 2.01. The molecule has 1 heterocycles. The van der Waals surface area contributed by atoms with Crippen molar-refractivity contribution in [3.8, 4) is 0 Å². The van der Waals surface area contributed by atoms with E-state index in [1.807, 2.05) is 0 Å². The number of rotatable bonds is 3. The maximum Gasteiger partial charge on any atom is 0.0802 e. The molecule has 1 saturated heterocycles. The van der Waals surface area contributed by atoms with Crippen molar-refractivity contribution in [1.82, 2.24) is 4.90 Å². The Morgan fingerprint density at radius 2 is 1.87 bits per heavy atom. The van der Waals surface area contributed by atoms with Crippen molar-refractivity contribution in [2.45, 2.75) is 50.7 Å². The van der Waals surface area contributed by atoms with Crippen LogP contribution in [0, 0.1) is 0 Å². The average molecular weight is 213 g/mol. The van der Waals surface area contributed by atoms with Gasteiger partial charge in [0.2, 0.25) is 0 Å². The molecular weight excluding hydrogens is 190 g/mol. The van der Waals surface area contributed by atoms with Crippen LogP contribution in [0.5, 0.6) is 0 Å². The molecule has 1 aliphatic carbocycles. The van der Waals surface area contributed by atoms with Crippen LogP contribution in [-0.2, 0) is 4.74 Å². The van der Waals surface area contributed by atoms with Gasteiger partial charge in [0.25, 0.3) is 0 Å². The highest BCUT2D eigenvalue weighted by Crippen LogP contribution is 2.36. The molecule has 2 aliphatic rings. The molecule has 0 aromatic carbocycles. The third-order valence-electron chi connectivity index (χ3n) is 3.96. The first kappa shape index (κ1) is 11.4. The van der Waals surface area contributed by atoms with E-state index < -0.39 is 5.60 Å². The fraction of sp³-hybridized carbons (Fsp3) is 1.00. The minimum absolute atomic E-state index is 0.351. The van der Waals surface area contributed by atoms with E-state index in [2.05, 4.69) is 11.8 Å². The SMILES string of the molecule is CCC(N1CCOCC1)C1(O)CCCC1. The zero-order valence-corrected chi connectivity index (χ0v) is 9.74. The molecule has 1 atom stereocenters. The summed E-state index contributed by atoms with van der Waals surface area (Å²) in [7, 11) is 0. The van der Waals surface area contributed by atoms with Gasteiger partial charge in [-0.3, -0.25) is 4.90 Å². The number of morpholine rings is 1. The van der Waals surface area contributed by atoms with Crippen molar-refractivity contribution in [3.05, 3.63) is 0 Å². The zero-order chi connectivity index (χ0) is 10.7. The highest BCUT2D eigenvalue weighted by molar-refractivity contribution is 4.96. The molecular formula is C12H23NO2. The smallest absolute Gasteiger partial charge is 0.0802 e. The molecule has 3 nitrogen and oxygen atoms in total. The molecule has 1 saturated carbocycles. The minimum Gasteiger partial charge on any atom is -0.388 e. The largest absolute Gasteiger partial charge is 0.388 e. The van der Waals surface area contributed by atoms with Crippen molar-refractivity contribution in [3.63, 3.8) is 0 Å². The molecule has 0 radical (unpaired) electrons. The number of ether oxygens (including phenoxy) is 1. The van der Waals surface area contributed by atoms with Gasteiger partial charge in [0.15, 0.2) is 0 Å². The quantitative estimate of drug-likeness (QED) is 0.769. The first-order valence-electron chi connectivity index (χ1n) is 6.30. The van der Waals surface area contributed by atoms with E-state index in [-0.39, 0.29) is 0 Å². The van der Waals surface area contributed by atoms with Crippen LogP contribution in [0.2, 0.25) is 0 Å². The normalized spacial score (nSPS) is 29.2. The van der Waals surface area contributed by atoms with Gasteiger partial charge in [0.05, 0.1) is 18.8 Å². The van der Waals surface area contributed by atoms with Crippen molar-refractivity contribution in [2.75, 3.05) is 26.3 Å². The number of aliphatic hydroxyl groups is 1. The molecule has 1 N–H and O–H groups in total. The molecule has 15 heavy (non-hydrogen) atoms. The van der Waals surface area contributed by atoms with Crippen LogP contribution < -0.4 is 0 Å². The van der Waals surface area contributed by atoms with Crippen LogP contribution in [0.4, 0.5) is 0 Å². The van der Waals surface area contributed by atoms with Gasteiger partial charge in [-0.1, -0.05) is 19.8 Å². The lowest BCUT2D eigenvalue weighted by Crippen LogP contribution is -2.54. The highest BCUT2D eigenvalue weighted by atomic mass is 16.5. The summed E-state index contributed by atoms with van der Waals surface area (Å²) in [5, 5.41) is 10.6. The van der Waals surface area contributed by atoms with E-state index >= 15 is 0 Å². The summed E-state index contributed by atoms with van der Waals surface area (Å²) in [5.74, 6) is 0. The summed E-state index contributed by atoms with van der Waals surface area (Å²) in [6, 6.07) is 0.351. The second-order valence-electron chi connectivity index (χ2n) is 4.88. The van der Waals surface area contributed by atoms with Crippen LogP contribution in [0.25, 0.3) is 0 Å². The van der Waals surface area contributed by atoms with Gasteiger partial charge in [-0.25, -0.2) is 0 Å². The molecule has 0 aromatic rings. The zero-order valence-electron chi connectivity index (χ0n) is 9.74. The lowest BCUT2D eigenvalue weighted by atomic mass is 9.89. The Hall–Kier alpha value is -0.120. The van der Waals surface area contributed by atoms with Crippen molar-refractivity contribution < 1.29 is 9.84 Å². The van der Waals surface area contributed by atoms with Gasteiger partial charge in [-0.15, -0.1) is 0 Å². The Morgan fingerprint density at radius 3 is 2.40 bits per heavy atom. The number of nitrogens with zero attached hydrogens (tertiary/aromatic N) is 1. The van der Waals surface area contributed by atoms with Gasteiger partial charge in [0.1, 0.15) is 0 Å². The van der Waals surface area contributed by atoms with Crippen molar-refractivity contribution in [2.24, 2.45) is 0 Å². The molecule has 0 aromatic heterocycles. The van der Waals surface area contributed by atoms with Crippen molar-refractivity contribution >= 4 is 0 Å². The van der Waals surface area contributed by atoms with Gasteiger partial charge < -0.3 is 9.84 Å². The maximum absolute atomic E-state index is 10.6. The molecule has 3 heteroatoms. The standard InChI is InChI=1S/C12H23NO2/c1-2-11(12(14)5-3-4-6-12)13-7-9-15-10-8-13/h11,14H,2-10H2,1H3. The second kappa shape index (κ2) is 4.81. The van der Waals surface area contributed by atoms with Crippen LogP contribution >= 0.6 is 0 Å². The van der Waals surface area contributed by atoms with Crippen LogP contribution in [0.15, 0.2) is 0 Å². The summed E-state index contributed by atoms with van der Waals surface area (Å²) in [4.78, 5) is 2.43. The molecule has 0 amide bonds. The van der Waals surface area contributed by atoms with Gasteiger partial charge >= 0.3 is 0 Å². The molecule has 88 valence electrons. The van der Waals surface area contributed by atoms with E-state index in [1.165, 1.54) is 12.8 Å². The first-order valence-corrected chi connectivity index (χ1v) is 6.30. The summed E-state index contributed by atoms with van der Waals surface area (Å²) >= 11 is 0. The van der Waals surface area contributed by atoms with E-state index in [9.17, 15) is 5.11 Å². The molecule has 1 unspecified atom stereocenters. The Labute approximate surface area is 92.4 Å². The number of hydrogen-bond donors (Lipinski definition) is 1. The summed E-state index contributed by atoms with van der Waals surface area (Å²) in [6.45, 7) is 5.82. The first-order chi connectivity index (χ1) is 7.26. The molecule has 2 fully saturated rings. The fourth-order valence-corrected chi connectivity index (χ4v) is 3.19. The van der Waals surface area contributed by atoms with Gasteiger partial charge in [-0.2, -0.15) is 0 Å². The summed E-state index contributed by atoms with van der Waals surface area (Å²) in [5.41, 5.74) is -0.411. The van der Waals surface area contributed by atoms with Crippen molar-refractivity contribution in [1.29, 1.82) is 0 Å². The minimum atomic E-state index is -0.411. The third-order valence-corrected chi connectivity index (χ3v) is 3.96. The van der Waals surface area contributed by atoms with Crippen LogP contribution in [0.1, 0.15) is 39.0 Å². The van der Waals surface area contributed by atoms with E-state index in [1.54, 1.807) is 0 Å². The second-order valence-corrected chi connectivity index (χ2v) is 4.88. The van der Waals surface area contributed by atoms with E-state index in [0.29, 0.717) is 6.04 Å². The topological polar surface area (TPSA) is 32.7 Å². The monoisotopic (exact) mass is 213 g/mol. The van der Waals surface area contributed by atoms with E-state index in [0.717, 1.165) is 45.6 Å². The summed E-state index contributed by atoms with van der Waals surface area (Å²) in [6.07, 6.45) is 5.41. The third kappa shape index (κ3) is 2.35. The summed E-state index contributed by atoms with van der Waals surface area (Å²) < 4.78 is 5.37.